The molecule has 0 fully saturated rings. The minimum atomic E-state index is -0.0809. The molecule has 0 aliphatic carbocycles. The normalized spacial score (nSPS) is 12.1. The Labute approximate surface area is 197 Å². The van der Waals surface area contributed by atoms with E-state index in [1.807, 2.05) is 19.1 Å². The standard InChI is InChI=1S/C27H25N3O2S/c1-16-4-8-19(9-5-16)15-33-27-23-12-22-21(14-31)13-28-18(3)24(22)32-26(23)29-25(30-27)20-10-6-17(2)7-11-20/h4-11,13,31H,12,14-15H2,1-3H3. The van der Waals surface area contributed by atoms with E-state index in [-0.39, 0.29) is 6.61 Å². The first-order valence-electron chi connectivity index (χ1n) is 10.9. The summed E-state index contributed by atoms with van der Waals surface area (Å²) in [6, 6.07) is 16.8. The zero-order valence-corrected chi connectivity index (χ0v) is 19.7. The van der Waals surface area contributed by atoms with Gasteiger partial charge in [-0.1, -0.05) is 59.7 Å². The van der Waals surface area contributed by atoms with Gasteiger partial charge in [-0.25, -0.2) is 4.98 Å². The van der Waals surface area contributed by atoms with Crippen molar-refractivity contribution < 1.29 is 9.84 Å². The van der Waals surface area contributed by atoms with Gasteiger partial charge in [-0.3, -0.25) is 4.98 Å². The minimum Gasteiger partial charge on any atom is -0.436 e. The van der Waals surface area contributed by atoms with Crippen LogP contribution >= 0.6 is 11.8 Å². The van der Waals surface area contributed by atoms with Gasteiger partial charge in [-0.05, 0) is 26.3 Å². The van der Waals surface area contributed by atoms with Crippen LogP contribution in [0.25, 0.3) is 11.4 Å². The number of thioether (sulfide) groups is 1. The molecule has 0 radical (unpaired) electrons. The molecule has 166 valence electrons. The molecule has 1 N–H and O–H groups in total. The fourth-order valence-electron chi connectivity index (χ4n) is 3.88. The number of aliphatic hydroxyl groups is 1. The Bertz CT molecular complexity index is 1320. The summed E-state index contributed by atoms with van der Waals surface area (Å²) in [7, 11) is 0. The molecule has 0 saturated heterocycles. The molecule has 1 aliphatic heterocycles. The molecule has 0 amide bonds. The number of aliphatic hydroxyl groups excluding tert-OH is 1. The molecule has 2 aromatic carbocycles. The van der Waals surface area contributed by atoms with Crippen molar-refractivity contribution in [3.8, 4) is 23.0 Å². The summed E-state index contributed by atoms with van der Waals surface area (Å²) in [4.78, 5) is 14.2. The van der Waals surface area contributed by atoms with Gasteiger partial charge >= 0.3 is 0 Å². The largest absolute Gasteiger partial charge is 0.436 e. The van der Waals surface area contributed by atoms with Crippen molar-refractivity contribution in [2.24, 2.45) is 0 Å². The van der Waals surface area contributed by atoms with E-state index in [0.717, 1.165) is 38.7 Å². The molecule has 33 heavy (non-hydrogen) atoms. The van der Waals surface area contributed by atoms with Crippen LogP contribution in [-0.4, -0.2) is 20.1 Å². The van der Waals surface area contributed by atoms with Crippen molar-refractivity contribution in [1.82, 2.24) is 15.0 Å². The van der Waals surface area contributed by atoms with Crippen LogP contribution in [-0.2, 0) is 18.8 Å². The average molecular weight is 456 g/mol. The summed E-state index contributed by atoms with van der Waals surface area (Å²) in [5.74, 6) is 2.70. The van der Waals surface area contributed by atoms with Crippen molar-refractivity contribution in [3.05, 3.63) is 93.8 Å². The van der Waals surface area contributed by atoms with E-state index in [0.29, 0.717) is 23.9 Å². The highest BCUT2D eigenvalue weighted by Crippen LogP contribution is 2.43. The predicted molar refractivity (Wildman–Crippen MR) is 131 cm³/mol. The van der Waals surface area contributed by atoms with E-state index in [2.05, 4.69) is 55.2 Å². The summed E-state index contributed by atoms with van der Waals surface area (Å²) in [5, 5.41) is 10.8. The van der Waals surface area contributed by atoms with Gasteiger partial charge in [0.2, 0.25) is 5.88 Å². The Kier molecular flexibility index (Phi) is 5.87. The van der Waals surface area contributed by atoms with Crippen LogP contribution in [0.3, 0.4) is 0 Å². The molecule has 3 heterocycles. The third kappa shape index (κ3) is 4.36. The fraction of sp³-hybridized carbons (Fsp3) is 0.222. The first kappa shape index (κ1) is 21.6. The van der Waals surface area contributed by atoms with E-state index in [1.165, 1.54) is 16.7 Å². The first-order valence-corrected chi connectivity index (χ1v) is 11.9. The molecule has 5 nitrogen and oxygen atoms in total. The van der Waals surface area contributed by atoms with E-state index in [4.69, 9.17) is 14.7 Å². The van der Waals surface area contributed by atoms with Crippen LogP contribution < -0.4 is 4.74 Å². The van der Waals surface area contributed by atoms with Crippen LogP contribution in [0.2, 0.25) is 0 Å². The lowest BCUT2D eigenvalue weighted by Crippen LogP contribution is -2.13. The molecule has 0 bridgehead atoms. The van der Waals surface area contributed by atoms with E-state index < -0.39 is 0 Å². The SMILES string of the molecule is Cc1ccc(CSc2nc(-c3ccc(C)cc3)nc3c2Cc2c(CO)cnc(C)c2O3)cc1. The summed E-state index contributed by atoms with van der Waals surface area (Å²) in [5.41, 5.74) is 8.11. The predicted octanol–water partition coefficient (Wildman–Crippen LogP) is 5.94. The van der Waals surface area contributed by atoms with Gasteiger partial charge < -0.3 is 9.84 Å². The Balaban J connectivity index is 1.58. The molecule has 4 aromatic rings. The topological polar surface area (TPSA) is 68.1 Å². The zero-order valence-electron chi connectivity index (χ0n) is 18.9. The van der Waals surface area contributed by atoms with Crippen molar-refractivity contribution in [3.63, 3.8) is 0 Å². The number of ether oxygens (including phenoxy) is 1. The number of hydrogen-bond donors (Lipinski definition) is 1. The number of rotatable bonds is 5. The van der Waals surface area contributed by atoms with Crippen molar-refractivity contribution in [2.75, 3.05) is 0 Å². The monoisotopic (exact) mass is 455 g/mol. The molecule has 0 atom stereocenters. The van der Waals surface area contributed by atoms with Crippen LogP contribution in [0, 0.1) is 20.8 Å². The first-order chi connectivity index (χ1) is 16.0. The van der Waals surface area contributed by atoms with Gasteiger partial charge in [-0.15, -0.1) is 11.8 Å². The molecule has 0 saturated carbocycles. The van der Waals surface area contributed by atoms with Crippen LogP contribution in [0.4, 0.5) is 0 Å². The Morgan fingerprint density at radius 1 is 0.909 bits per heavy atom. The smallest absolute Gasteiger partial charge is 0.227 e. The Morgan fingerprint density at radius 2 is 1.61 bits per heavy atom. The molecule has 1 aliphatic rings. The van der Waals surface area contributed by atoms with Gasteiger partial charge in [0.25, 0.3) is 0 Å². The van der Waals surface area contributed by atoms with E-state index in [9.17, 15) is 5.11 Å². The second-order valence-electron chi connectivity index (χ2n) is 8.39. The molecular weight excluding hydrogens is 430 g/mol. The molecule has 6 heteroatoms. The highest BCUT2D eigenvalue weighted by Gasteiger charge is 2.27. The summed E-state index contributed by atoms with van der Waals surface area (Å²) in [6.07, 6.45) is 2.33. The van der Waals surface area contributed by atoms with Crippen molar-refractivity contribution in [1.29, 1.82) is 0 Å². The summed E-state index contributed by atoms with van der Waals surface area (Å²) >= 11 is 1.69. The van der Waals surface area contributed by atoms with Gasteiger partial charge in [0, 0.05) is 35.1 Å². The second kappa shape index (κ2) is 8.96. The van der Waals surface area contributed by atoms with Gasteiger partial charge in [-0.2, -0.15) is 4.98 Å². The summed E-state index contributed by atoms with van der Waals surface area (Å²) in [6.45, 7) is 5.99. The van der Waals surface area contributed by atoms with Crippen molar-refractivity contribution >= 4 is 11.8 Å². The number of aromatic nitrogens is 3. The third-order valence-corrected chi connectivity index (χ3v) is 6.95. The maximum atomic E-state index is 9.86. The maximum Gasteiger partial charge on any atom is 0.227 e. The highest BCUT2D eigenvalue weighted by atomic mass is 32.2. The van der Waals surface area contributed by atoms with Crippen molar-refractivity contribution in [2.45, 2.75) is 44.6 Å². The molecule has 0 spiro atoms. The van der Waals surface area contributed by atoms with Gasteiger partial charge in [0.1, 0.15) is 5.03 Å². The molecule has 5 rings (SSSR count). The fourth-order valence-corrected chi connectivity index (χ4v) is 4.86. The number of benzene rings is 2. The van der Waals surface area contributed by atoms with Gasteiger partial charge in [0.15, 0.2) is 11.6 Å². The lowest BCUT2D eigenvalue weighted by atomic mass is 9.99. The zero-order chi connectivity index (χ0) is 22.9. The van der Waals surface area contributed by atoms with Crippen LogP contribution in [0.1, 0.15) is 39.1 Å². The number of pyridine rings is 1. The number of nitrogens with zero attached hydrogens (tertiary/aromatic N) is 3. The Hall–Kier alpha value is -3.22. The Morgan fingerprint density at radius 3 is 2.30 bits per heavy atom. The molecule has 2 aromatic heterocycles. The third-order valence-electron chi connectivity index (χ3n) is 5.86. The lowest BCUT2D eigenvalue weighted by molar-refractivity contribution is 0.278. The van der Waals surface area contributed by atoms with Crippen LogP contribution in [0.15, 0.2) is 59.8 Å². The van der Waals surface area contributed by atoms with E-state index in [1.54, 1.807) is 18.0 Å². The number of aryl methyl sites for hydroxylation is 3. The van der Waals surface area contributed by atoms with Crippen LogP contribution in [0.5, 0.6) is 11.6 Å². The quantitative estimate of drug-likeness (QED) is 0.261. The second-order valence-corrected chi connectivity index (χ2v) is 9.35. The van der Waals surface area contributed by atoms with E-state index >= 15 is 0 Å². The molecule has 0 unspecified atom stereocenters. The lowest BCUT2D eigenvalue weighted by Gasteiger charge is -2.24. The highest BCUT2D eigenvalue weighted by molar-refractivity contribution is 7.98. The number of hydrogen-bond acceptors (Lipinski definition) is 6. The average Bonchev–Trinajstić information content (AvgIpc) is 2.83. The maximum absolute atomic E-state index is 9.86. The molecular formula is C27H25N3O2S. The summed E-state index contributed by atoms with van der Waals surface area (Å²) < 4.78 is 6.31. The van der Waals surface area contributed by atoms with Gasteiger partial charge in [0.05, 0.1) is 17.9 Å². The minimum absolute atomic E-state index is 0.0809. The number of fused-ring (bicyclic) bond motifs is 2.